The van der Waals surface area contributed by atoms with Gasteiger partial charge in [-0.05, 0) is 43.6 Å². The second-order valence-corrected chi connectivity index (χ2v) is 4.69. The lowest BCUT2D eigenvalue weighted by atomic mass is 10.2. The molecule has 0 saturated carbocycles. The number of hydrogen-bond donors (Lipinski definition) is 3. The van der Waals surface area contributed by atoms with Crippen molar-refractivity contribution in [3.63, 3.8) is 0 Å². The number of unbranched alkanes of at least 4 members (excludes halogenated alkanes) is 3. The summed E-state index contributed by atoms with van der Waals surface area (Å²) in [5.41, 5.74) is 1.12. The van der Waals surface area contributed by atoms with Gasteiger partial charge in [0, 0.05) is 13.1 Å². The molecule has 3 N–H and O–H groups in total. The lowest BCUT2D eigenvalue weighted by Gasteiger charge is -2.05. The molecular formula is C15H25FN2O. The molecule has 0 fully saturated rings. The molecule has 4 heteroatoms. The van der Waals surface area contributed by atoms with E-state index in [1.165, 1.54) is 31.4 Å². The van der Waals surface area contributed by atoms with Crippen LogP contribution in [-0.4, -0.2) is 31.3 Å². The van der Waals surface area contributed by atoms with Crippen LogP contribution in [0.4, 0.5) is 4.39 Å². The maximum absolute atomic E-state index is 12.7. The molecule has 0 aliphatic rings. The van der Waals surface area contributed by atoms with E-state index in [1.54, 1.807) is 0 Å². The molecule has 0 heterocycles. The minimum atomic E-state index is -0.182. The Bertz CT molecular complexity index is 316. The van der Waals surface area contributed by atoms with Crippen molar-refractivity contribution in [2.45, 2.75) is 32.2 Å². The molecule has 1 rings (SSSR count). The SMILES string of the molecule is OCCNCCCCCCNCc1ccc(F)cc1. The van der Waals surface area contributed by atoms with Gasteiger partial charge < -0.3 is 15.7 Å². The lowest BCUT2D eigenvalue weighted by molar-refractivity contribution is 0.292. The Balaban J connectivity index is 1.87. The van der Waals surface area contributed by atoms with Crippen LogP contribution >= 0.6 is 0 Å². The molecule has 0 radical (unpaired) electrons. The maximum Gasteiger partial charge on any atom is 0.123 e. The third kappa shape index (κ3) is 8.70. The molecule has 0 aliphatic heterocycles. The molecule has 1 aromatic rings. The predicted molar refractivity (Wildman–Crippen MR) is 76.5 cm³/mol. The van der Waals surface area contributed by atoms with Gasteiger partial charge in [-0.15, -0.1) is 0 Å². The van der Waals surface area contributed by atoms with Crippen LogP contribution in [0.25, 0.3) is 0 Å². The Morgan fingerprint density at radius 1 is 0.842 bits per heavy atom. The van der Waals surface area contributed by atoms with Crippen LogP contribution < -0.4 is 10.6 Å². The third-order valence-corrected chi connectivity index (χ3v) is 2.99. The van der Waals surface area contributed by atoms with Crippen LogP contribution in [-0.2, 0) is 6.54 Å². The van der Waals surface area contributed by atoms with E-state index in [9.17, 15) is 4.39 Å². The molecule has 19 heavy (non-hydrogen) atoms. The number of hydrogen-bond acceptors (Lipinski definition) is 3. The average molecular weight is 268 g/mol. The Morgan fingerprint density at radius 2 is 1.47 bits per heavy atom. The molecule has 0 aliphatic carbocycles. The standard InChI is InChI=1S/C15H25FN2O/c16-15-7-5-14(6-8-15)13-18-10-4-2-1-3-9-17-11-12-19/h5-8,17-19H,1-4,9-13H2. The molecule has 108 valence electrons. The minimum Gasteiger partial charge on any atom is -0.395 e. The summed E-state index contributed by atoms with van der Waals surface area (Å²) in [7, 11) is 0. The summed E-state index contributed by atoms with van der Waals surface area (Å²) in [5, 5.41) is 15.1. The second-order valence-electron chi connectivity index (χ2n) is 4.69. The Labute approximate surface area is 115 Å². The van der Waals surface area contributed by atoms with Crippen molar-refractivity contribution in [1.29, 1.82) is 0 Å². The van der Waals surface area contributed by atoms with Crippen molar-refractivity contribution < 1.29 is 9.50 Å². The maximum atomic E-state index is 12.7. The third-order valence-electron chi connectivity index (χ3n) is 2.99. The average Bonchev–Trinajstić information content (AvgIpc) is 2.43. The summed E-state index contributed by atoms with van der Waals surface area (Å²) >= 11 is 0. The van der Waals surface area contributed by atoms with Crippen LogP contribution in [0.3, 0.4) is 0 Å². The highest BCUT2D eigenvalue weighted by atomic mass is 19.1. The minimum absolute atomic E-state index is 0.182. The zero-order chi connectivity index (χ0) is 13.8. The molecule has 0 unspecified atom stereocenters. The summed E-state index contributed by atoms with van der Waals surface area (Å²) in [5.74, 6) is -0.182. The highest BCUT2D eigenvalue weighted by Crippen LogP contribution is 2.02. The molecule has 0 amide bonds. The van der Waals surface area contributed by atoms with Gasteiger partial charge in [-0.1, -0.05) is 25.0 Å². The normalized spacial score (nSPS) is 10.8. The van der Waals surface area contributed by atoms with Gasteiger partial charge in [-0.25, -0.2) is 4.39 Å². The first-order valence-electron chi connectivity index (χ1n) is 7.09. The number of rotatable bonds is 11. The van der Waals surface area contributed by atoms with E-state index in [-0.39, 0.29) is 12.4 Å². The van der Waals surface area contributed by atoms with Crippen LogP contribution in [0.2, 0.25) is 0 Å². The van der Waals surface area contributed by atoms with E-state index in [0.717, 1.165) is 31.6 Å². The monoisotopic (exact) mass is 268 g/mol. The number of aliphatic hydroxyl groups is 1. The van der Waals surface area contributed by atoms with Crippen molar-refractivity contribution in [2.24, 2.45) is 0 Å². The molecule has 0 spiro atoms. The van der Waals surface area contributed by atoms with E-state index >= 15 is 0 Å². The summed E-state index contributed by atoms with van der Waals surface area (Å²) in [6.07, 6.45) is 4.77. The summed E-state index contributed by atoms with van der Waals surface area (Å²) in [4.78, 5) is 0. The molecule has 0 aromatic heterocycles. The molecule has 0 bridgehead atoms. The van der Waals surface area contributed by atoms with Crippen molar-refractivity contribution in [2.75, 3.05) is 26.2 Å². The number of nitrogens with one attached hydrogen (secondary N) is 2. The van der Waals surface area contributed by atoms with Gasteiger partial charge in [0.2, 0.25) is 0 Å². The van der Waals surface area contributed by atoms with Gasteiger partial charge in [0.15, 0.2) is 0 Å². The summed E-state index contributed by atoms with van der Waals surface area (Å²) < 4.78 is 12.7. The summed E-state index contributed by atoms with van der Waals surface area (Å²) in [6.45, 7) is 3.70. The first kappa shape index (κ1) is 16.1. The van der Waals surface area contributed by atoms with Gasteiger partial charge in [0.25, 0.3) is 0 Å². The van der Waals surface area contributed by atoms with Crippen LogP contribution in [0.1, 0.15) is 31.2 Å². The molecule has 1 aromatic carbocycles. The Hall–Kier alpha value is -0.970. The Morgan fingerprint density at radius 3 is 2.11 bits per heavy atom. The zero-order valence-electron chi connectivity index (χ0n) is 11.5. The lowest BCUT2D eigenvalue weighted by Crippen LogP contribution is -2.19. The largest absolute Gasteiger partial charge is 0.395 e. The highest BCUT2D eigenvalue weighted by Gasteiger charge is 1.94. The van der Waals surface area contributed by atoms with E-state index in [4.69, 9.17) is 5.11 Å². The molecular weight excluding hydrogens is 243 g/mol. The fourth-order valence-corrected chi connectivity index (χ4v) is 1.89. The van der Waals surface area contributed by atoms with Gasteiger partial charge >= 0.3 is 0 Å². The molecule has 0 atom stereocenters. The van der Waals surface area contributed by atoms with E-state index in [1.807, 2.05) is 12.1 Å². The van der Waals surface area contributed by atoms with Gasteiger partial charge in [0.1, 0.15) is 5.82 Å². The van der Waals surface area contributed by atoms with Crippen molar-refractivity contribution in [1.82, 2.24) is 10.6 Å². The van der Waals surface area contributed by atoms with Crippen molar-refractivity contribution in [3.8, 4) is 0 Å². The van der Waals surface area contributed by atoms with Crippen LogP contribution in [0.5, 0.6) is 0 Å². The quantitative estimate of drug-likeness (QED) is 0.538. The number of benzene rings is 1. The smallest absolute Gasteiger partial charge is 0.123 e. The van der Waals surface area contributed by atoms with Crippen molar-refractivity contribution in [3.05, 3.63) is 35.6 Å². The first-order valence-corrected chi connectivity index (χ1v) is 7.09. The van der Waals surface area contributed by atoms with Crippen LogP contribution in [0.15, 0.2) is 24.3 Å². The van der Waals surface area contributed by atoms with Gasteiger partial charge in [0.05, 0.1) is 6.61 Å². The van der Waals surface area contributed by atoms with Crippen LogP contribution in [0, 0.1) is 5.82 Å². The predicted octanol–water partition coefficient (Wildman–Crippen LogP) is 2.06. The fourth-order valence-electron chi connectivity index (χ4n) is 1.89. The van der Waals surface area contributed by atoms with Gasteiger partial charge in [-0.2, -0.15) is 0 Å². The Kier molecular flexibility index (Phi) is 9.23. The fraction of sp³-hybridized carbons (Fsp3) is 0.600. The van der Waals surface area contributed by atoms with E-state index in [2.05, 4.69) is 10.6 Å². The number of halogens is 1. The molecule has 0 saturated heterocycles. The summed E-state index contributed by atoms with van der Waals surface area (Å²) in [6, 6.07) is 6.62. The van der Waals surface area contributed by atoms with E-state index in [0.29, 0.717) is 6.54 Å². The number of aliphatic hydroxyl groups excluding tert-OH is 1. The highest BCUT2D eigenvalue weighted by molar-refractivity contribution is 5.15. The second kappa shape index (κ2) is 10.9. The van der Waals surface area contributed by atoms with Crippen molar-refractivity contribution >= 4 is 0 Å². The molecule has 3 nitrogen and oxygen atoms in total. The van der Waals surface area contributed by atoms with Gasteiger partial charge in [-0.3, -0.25) is 0 Å². The topological polar surface area (TPSA) is 44.3 Å². The van der Waals surface area contributed by atoms with E-state index < -0.39 is 0 Å². The first-order chi connectivity index (χ1) is 9.33. The zero-order valence-corrected chi connectivity index (χ0v) is 11.5.